The van der Waals surface area contributed by atoms with E-state index in [0.717, 1.165) is 13.0 Å². The third kappa shape index (κ3) is 3.56. The van der Waals surface area contributed by atoms with Crippen molar-refractivity contribution >= 4 is 11.3 Å². The zero-order chi connectivity index (χ0) is 13.7. The zero-order valence-electron chi connectivity index (χ0n) is 12.4. The number of nitrogens with two attached hydrogens (primary N) is 1. The minimum Gasteiger partial charge on any atom is -0.326 e. The fourth-order valence-corrected chi connectivity index (χ4v) is 3.60. The first-order valence-corrected chi connectivity index (χ1v) is 7.96. The second kappa shape index (κ2) is 7.27. The molecule has 0 saturated heterocycles. The topological polar surface area (TPSA) is 29.3 Å². The van der Waals surface area contributed by atoms with Gasteiger partial charge < -0.3 is 5.73 Å². The fourth-order valence-electron chi connectivity index (χ4n) is 2.48. The van der Waals surface area contributed by atoms with Crippen molar-refractivity contribution in [1.82, 2.24) is 4.90 Å². The summed E-state index contributed by atoms with van der Waals surface area (Å²) in [6.45, 7) is 12.3. The van der Waals surface area contributed by atoms with E-state index in [1.807, 2.05) is 11.3 Å². The van der Waals surface area contributed by atoms with E-state index < -0.39 is 0 Å². The number of aryl methyl sites for hydroxylation is 1. The quantitative estimate of drug-likeness (QED) is 0.811. The molecule has 1 aromatic heterocycles. The Balaban J connectivity index is 3.07. The normalized spacial score (nSPS) is 15.3. The summed E-state index contributed by atoms with van der Waals surface area (Å²) in [4.78, 5) is 4.01. The minimum atomic E-state index is 0.219. The van der Waals surface area contributed by atoms with Crippen molar-refractivity contribution in [2.45, 2.75) is 65.6 Å². The lowest BCUT2D eigenvalue weighted by atomic mass is 9.99. The van der Waals surface area contributed by atoms with Gasteiger partial charge in [-0.2, -0.15) is 0 Å². The van der Waals surface area contributed by atoms with Crippen LogP contribution in [0.3, 0.4) is 0 Å². The monoisotopic (exact) mass is 268 g/mol. The van der Waals surface area contributed by atoms with E-state index in [1.54, 1.807) is 0 Å². The van der Waals surface area contributed by atoms with Crippen LogP contribution in [-0.4, -0.2) is 23.5 Å². The van der Waals surface area contributed by atoms with Gasteiger partial charge >= 0.3 is 0 Å². The summed E-state index contributed by atoms with van der Waals surface area (Å²) in [6, 6.07) is 3.33. The van der Waals surface area contributed by atoms with Crippen LogP contribution in [0, 0.1) is 6.92 Å². The Kier molecular flexibility index (Phi) is 6.33. The van der Waals surface area contributed by atoms with E-state index in [2.05, 4.69) is 51.0 Å². The Morgan fingerprint density at radius 3 is 2.39 bits per heavy atom. The zero-order valence-corrected chi connectivity index (χ0v) is 13.3. The van der Waals surface area contributed by atoms with Crippen LogP contribution in [0.4, 0.5) is 0 Å². The Bertz CT molecular complexity index is 346. The van der Waals surface area contributed by atoms with Gasteiger partial charge in [0.15, 0.2) is 0 Å². The highest BCUT2D eigenvalue weighted by atomic mass is 32.1. The molecule has 2 unspecified atom stereocenters. The van der Waals surface area contributed by atoms with Crippen LogP contribution in [0.1, 0.15) is 57.0 Å². The molecule has 3 heteroatoms. The van der Waals surface area contributed by atoms with Crippen molar-refractivity contribution in [3.05, 3.63) is 21.9 Å². The van der Waals surface area contributed by atoms with Crippen LogP contribution in [0.2, 0.25) is 0 Å². The molecule has 18 heavy (non-hydrogen) atoms. The molecule has 0 spiro atoms. The molecule has 0 aliphatic rings. The van der Waals surface area contributed by atoms with Gasteiger partial charge in [-0.1, -0.05) is 13.8 Å². The molecule has 0 amide bonds. The predicted molar refractivity (Wildman–Crippen MR) is 82.2 cm³/mol. The Morgan fingerprint density at radius 2 is 2.00 bits per heavy atom. The van der Waals surface area contributed by atoms with Gasteiger partial charge in [-0.3, -0.25) is 4.90 Å². The average molecular weight is 268 g/mol. The lowest BCUT2D eigenvalue weighted by Gasteiger charge is -2.38. The van der Waals surface area contributed by atoms with Gasteiger partial charge in [0.2, 0.25) is 0 Å². The second-order valence-corrected chi connectivity index (χ2v) is 6.26. The largest absolute Gasteiger partial charge is 0.326 e. The molecule has 104 valence electrons. The highest BCUT2D eigenvalue weighted by Crippen LogP contribution is 2.33. The maximum absolute atomic E-state index is 6.41. The van der Waals surface area contributed by atoms with Crippen LogP contribution >= 0.6 is 11.3 Å². The molecule has 1 aromatic rings. The standard InChI is InChI=1S/C15H28N2S/c1-6-9-17(11(3)4)14(13(16)7-2)15-12(5)8-10-18-15/h8,10-11,13-14H,6-7,9,16H2,1-5H3. The minimum absolute atomic E-state index is 0.219. The lowest BCUT2D eigenvalue weighted by Crippen LogP contribution is -2.44. The number of hydrogen-bond donors (Lipinski definition) is 1. The number of thiophene rings is 1. The molecule has 1 rings (SSSR count). The van der Waals surface area contributed by atoms with Crippen molar-refractivity contribution in [2.75, 3.05) is 6.54 Å². The van der Waals surface area contributed by atoms with Gasteiger partial charge in [0.05, 0.1) is 6.04 Å². The summed E-state index contributed by atoms with van der Waals surface area (Å²) >= 11 is 1.85. The van der Waals surface area contributed by atoms with Gasteiger partial charge in [0.1, 0.15) is 0 Å². The molecule has 2 atom stereocenters. The summed E-state index contributed by atoms with van der Waals surface area (Å²) in [5.74, 6) is 0. The van der Waals surface area contributed by atoms with Crippen LogP contribution < -0.4 is 5.73 Å². The van der Waals surface area contributed by atoms with Crippen molar-refractivity contribution in [3.63, 3.8) is 0 Å². The molecule has 0 saturated carbocycles. The maximum Gasteiger partial charge on any atom is 0.0598 e. The molecule has 0 fully saturated rings. The highest BCUT2D eigenvalue weighted by molar-refractivity contribution is 7.10. The smallest absolute Gasteiger partial charge is 0.0598 e. The van der Waals surface area contributed by atoms with Crippen LogP contribution in [0.25, 0.3) is 0 Å². The molecule has 2 nitrogen and oxygen atoms in total. The van der Waals surface area contributed by atoms with Gasteiger partial charge in [-0.05, 0) is 57.2 Å². The Hall–Kier alpha value is -0.380. The molecule has 0 aliphatic carbocycles. The third-order valence-corrected chi connectivity index (χ3v) is 4.64. The Morgan fingerprint density at radius 1 is 1.33 bits per heavy atom. The molecule has 0 aromatic carbocycles. The lowest BCUT2D eigenvalue weighted by molar-refractivity contribution is 0.132. The van der Waals surface area contributed by atoms with Crippen LogP contribution in [-0.2, 0) is 0 Å². The molecule has 1 heterocycles. The SMILES string of the molecule is CCCN(C(C)C)C(c1sccc1C)C(N)CC. The molecule has 2 N–H and O–H groups in total. The summed E-state index contributed by atoms with van der Waals surface area (Å²) < 4.78 is 0. The van der Waals surface area contributed by atoms with Crippen molar-refractivity contribution in [1.29, 1.82) is 0 Å². The molecule has 0 aliphatic heterocycles. The van der Waals surface area contributed by atoms with E-state index in [1.165, 1.54) is 16.9 Å². The number of hydrogen-bond acceptors (Lipinski definition) is 3. The first-order chi connectivity index (χ1) is 8.52. The fraction of sp³-hybridized carbons (Fsp3) is 0.733. The van der Waals surface area contributed by atoms with E-state index >= 15 is 0 Å². The Labute approximate surface area is 116 Å². The third-order valence-electron chi connectivity index (χ3n) is 3.55. The first-order valence-electron chi connectivity index (χ1n) is 7.08. The summed E-state index contributed by atoms with van der Waals surface area (Å²) in [5.41, 5.74) is 7.80. The van der Waals surface area contributed by atoms with Crippen molar-refractivity contribution in [3.8, 4) is 0 Å². The van der Waals surface area contributed by atoms with E-state index in [0.29, 0.717) is 12.1 Å². The van der Waals surface area contributed by atoms with E-state index in [9.17, 15) is 0 Å². The van der Waals surface area contributed by atoms with Gasteiger partial charge in [-0.25, -0.2) is 0 Å². The molecular weight excluding hydrogens is 240 g/mol. The van der Waals surface area contributed by atoms with Gasteiger partial charge in [0, 0.05) is 17.0 Å². The van der Waals surface area contributed by atoms with Gasteiger partial charge in [0.25, 0.3) is 0 Å². The summed E-state index contributed by atoms with van der Waals surface area (Å²) in [7, 11) is 0. The molecule has 0 bridgehead atoms. The van der Waals surface area contributed by atoms with E-state index in [-0.39, 0.29) is 6.04 Å². The van der Waals surface area contributed by atoms with Crippen molar-refractivity contribution in [2.24, 2.45) is 5.73 Å². The number of nitrogens with zero attached hydrogens (tertiary/aromatic N) is 1. The van der Waals surface area contributed by atoms with E-state index in [4.69, 9.17) is 5.73 Å². The predicted octanol–water partition coefficient (Wildman–Crippen LogP) is 3.96. The first kappa shape index (κ1) is 15.7. The average Bonchev–Trinajstić information content (AvgIpc) is 2.74. The maximum atomic E-state index is 6.41. The highest BCUT2D eigenvalue weighted by Gasteiger charge is 2.29. The number of rotatable bonds is 7. The van der Waals surface area contributed by atoms with Crippen LogP contribution in [0.5, 0.6) is 0 Å². The summed E-state index contributed by atoms with van der Waals surface area (Å²) in [5, 5.41) is 2.19. The second-order valence-electron chi connectivity index (χ2n) is 5.32. The van der Waals surface area contributed by atoms with Crippen molar-refractivity contribution < 1.29 is 0 Å². The summed E-state index contributed by atoms with van der Waals surface area (Å²) in [6.07, 6.45) is 2.20. The molecular formula is C15H28N2S. The van der Waals surface area contributed by atoms with Gasteiger partial charge in [-0.15, -0.1) is 11.3 Å². The molecule has 0 radical (unpaired) electrons. The van der Waals surface area contributed by atoms with Crippen LogP contribution in [0.15, 0.2) is 11.4 Å².